The van der Waals surface area contributed by atoms with Crippen molar-refractivity contribution in [1.29, 1.82) is 0 Å². The van der Waals surface area contributed by atoms with E-state index in [0.717, 1.165) is 23.1 Å². The average molecular weight is 360 g/mol. The third-order valence-corrected chi connectivity index (χ3v) is 6.02. The van der Waals surface area contributed by atoms with Crippen molar-refractivity contribution in [3.05, 3.63) is 65.7 Å². The second-order valence-corrected chi connectivity index (χ2v) is 7.36. The molecule has 1 N–H and O–H groups in total. The van der Waals surface area contributed by atoms with Gasteiger partial charge in [-0.3, -0.25) is 4.79 Å². The van der Waals surface area contributed by atoms with E-state index in [9.17, 15) is 9.90 Å². The Kier molecular flexibility index (Phi) is 3.52. The first kappa shape index (κ1) is 16.3. The van der Waals surface area contributed by atoms with Crippen LogP contribution in [0.25, 0.3) is 10.8 Å². The minimum atomic E-state index is -0.743. The monoisotopic (exact) mass is 360 g/mol. The molecule has 0 aliphatic heterocycles. The van der Waals surface area contributed by atoms with E-state index < -0.39 is 5.60 Å². The van der Waals surface area contributed by atoms with Crippen molar-refractivity contribution in [2.24, 2.45) is 0 Å². The van der Waals surface area contributed by atoms with Crippen LogP contribution in [0.15, 0.2) is 54.6 Å². The van der Waals surface area contributed by atoms with Crippen LogP contribution >= 0.6 is 0 Å². The molecule has 0 radical (unpaired) electrons. The predicted molar refractivity (Wildman–Crippen MR) is 102 cm³/mol. The van der Waals surface area contributed by atoms with Gasteiger partial charge >= 0.3 is 0 Å². The molecule has 0 unspecified atom stereocenters. The van der Waals surface area contributed by atoms with Crippen molar-refractivity contribution in [2.45, 2.75) is 30.8 Å². The zero-order valence-corrected chi connectivity index (χ0v) is 15.1. The highest BCUT2D eigenvalue weighted by molar-refractivity contribution is 6.01. The van der Waals surface area contributed by atoms with Gasteiger partial charge in [0.25, 0.3) is 0 Å². The third kappa shape index (κ3) is 2.23. The van der Waals surface area contributed by atoms with E-state index in [1.807, 2.05) is 54.6 Å². The van der Waals surface area contributed by atoms with Gasteiger partial charge in [-0.1, -0.05) is 42.5 Å². The number of aromatic hydroxyl groups is 1. The maximum atomic E-state index is 12.7. The number of ether oxygens (including phenoxy) is 2. The van der Waals surface area contributed by atoms with Crippen LogP contribution < -0.4 is 4.74 Å². The molecule has 0 aromatic heterocycles. The smallest absolute Gasteiger partial charge is 0.143 e. The second kappa shape index (κ2) is 5.83. The minimum absolute atomic E-state index is 0.131. The largest absolute Gasteiger partial charge is 0.507 e. The number of phenols is 1. The number of phenolic OH excluding ortho intramolecular Hbond substituents is 1. The zero-order chi connectivity index (χ0) is 18.6. The molecule has 27 heavy (non-hydrogen) atoms. The summed E-state index contributed by atoms with van der Waals surface area (Å²) < 4.78 is 12.3. The Labute approximate surface area is 157 Å². The van der Waals surface area contributed by atoms with E-state index in [1.54, 1.807) is 7.11 Å². The van der Waals surface area contributed by atoms with Crippen molar-refractivity contribution >= 4 is 16.6 Å². The van der Waals surface area contributed by atoms with Crippen LogP contribution in [0.4, 0.5) is 0 Å². The summed E-state index contributed by atoms with van der Waals surface area (Å²) in [4.78, 5) is 12.7. The van der Waals surface area contributed by atoms with E-state index in [4.69, 9.17) is 9.47 Å². The number of fused-ring (bicyclic) bond motifs is 3. The summed E-state index contributed by atoms with van der Waals surface area (Å²) in [5, 5.41) is 12.6. The standard InChI is InChI=1S/C23H20O4/c1-26-23-12-11-17(18(24)13-23)19-20(23)22(27-14-7-3-2-4-8-14)16-10-6-5-9-15(16)21(19)25/h2-10,17,25H,11-13H2,1H3/t17-,23-/m1/s1. The van der Waals surface area contributed by atoms with Gasteiger partial charge in [0.1, 0.15) is 28.6 Å². The van der Waals surface area contributed by atoms with Crippen LogP contribution in [0.3, 0.4) is 0 Å². The van der Waals surface area contributed by atoms with Gasteiger partial charge in [0, 0.05) is 41.3 Å². The summed E-state index contributed by atoms with van der Waals surface area (Å²) in [7, 11) is 1.64. The topological polar surface area (TPSA) is 55.8 Å². The zero-order valence-electron chi connectivity index (χ0n) is 15.1. The first-order valence-electron chi connectivity index (χ1n) is 9.23. The molecule has 0 spiro atoms. The summed E-state index contributed by atoms with van der Waals surface area (Å²) >= 11 is 0. The quantitative estimate of drug-likeness (QED) is 0.712. The predicted octanol–water partition coefficient (Wildman–Crippen LogP) is 5.03. The van der Waals surface area contributed by atoms with Gasteiger partial charge in [0.2, 0.25) is 0 Å². The van der Waals surface area contributed by atoms with Gasteiger partial charge in [-0.25, -0.2) is 0 Å². The van der Waals surface area contributed by atoms with Crippen LogP contribution in [0.1, 0.15) is 36.3 Å². The molecule has 1 saturated carbocycles. The molecule has 3 aromatic rings. The number of benzene rings is 3. The molecule has 6 rings (SSSR count). The fraction of sp³-hybridized carbons (Fsp3) is 0.261. The van der Waals surface area contributed by atoms with E-state index in [-0.39, 0.29) is 17.5 Å². The van der Waals surface area contributed by atoms with E-state index in [1.165, 1.54) is 0 Å². The lowest BCUT2D eigenvalue weighted by Crippen LogP contribution is -2.44. The summed E-state index contributed by atoms with van der Waals surface area (Å²) in [6, 6.07) is 17.2. The van der Waals surface area contributed by atoms with E-state index in [2.05, 4.69) is 0 Å². The van der Waals surface area contributed by atoms with Gasteiger partial charge in [0.15, 0.2) is 0 Å². The van der Waals surface area contributed by atoms with Crippen LogP contribution in [0.2, 0.25) is 0 Å². The highest BCUT2D eigenvalue weighted by Crippen LogP contribution is 2.60. The van der Waals surface area contributed by atoms with Gasteiger partial charge in [0.05, 0.1) is 0 Å². The lowest BCUT2D eigenvalue weighted by molar-refractivity contribution is -0.137. The van der Waals surface area contributed by atoms with Gasteiger partial charge in [-0.05, 0) is 25.0 Å². The number of rotatable bonds is 3. The van der Waals surface area contributed by atoms with E-state index >= 15 is 0 Å². The number of hydrogen-bond acceptors (Lipinski definition) is 4. The lowest BCUT2D eigenvalue weighted by atomic mass is 9.62. The highest BCUT2D eigenvalue weighted by atomic mass is 16.5. The van der Waals surface area contributed by atoms with Crippen molar-refractivity contribution < 1.29 is 19.4 Å². The Hall–Kier alpha value is -2.85. The first-order valence-corrected chi connectivity index (χ1v) is 9.23. The summed E-state index contributed by atoms with van der Waals surface area (Å²) in [6.07, 6.45) is 1.76. The summed E-state index contributed by atoms with van der Waals surface area (Å²) in [6.45, 7) is 0. The number of hydrogen-bond donors (Lipinski definition) is 1. The molecule has 2 atom stereocenters. The van der Waals surface area contributed by atoms with Gasteiger partial charge in [-0.2, -0.15) is 0 Å². The maximum Gasteiger partial charge on any atom is 0.143 e. The van der Waals surface area contributed by atoms with Crippen LogP contribution in [0.5, 0.6) is 17.2 Å². The molecule has 0 amide bonds. The molecular formula is C23H20O4. The fourth-order valence-electron chi connectivity index (χ4n) is 4.74. The molecule has 3 aliphatic carbocycles. The van der Waals surface area contributed by atoms with Crippen molar-refractivity contribution in [3.8, 4) is 17.2 Å². The van der Waals surface area contributed by atoms with Crippen LogP contribution in [0, 0.1) is 0 Å². The number of para-hydroxylation sites is 1. The number of carbonyl (C=O) groups is 1. The maximum absolute atomic E-state index is 12.7. The molecule has 4 nitrogen and oxygen atoms in total. The third-order valence-electron chi connectivity index (χ3n) is 6.02. The molecule has 3 aliphatic rings. The Bertz CT molecular complexity index is 1060. The second-order valence-electron chi connectivity index (χ2n) is 7.36. The molecule has 2 bridgehead atoms. The number of methoxy groups -OCH3 is 1. The minimum Gasteiger partial charge on any atom is -0.507 e. The number of Topliss-reactive ketones (excluding diaryl/α,β-unsaturated/α-hetero) is 1. The van der Waals surface area contributed by atoms with E-state index in [0.29, 0.717) is 29.5 Å². The number of ketones is 1. The van der Waals surface area contributed by atoms with Crippen molar-refractivity contribution in [3.63, 3.8) is 0 Å². The highest BCUT2D eigenvalue weighted by Gasteiger charge is 2.53. The Morgan fingerprint density at radius 3 is 2.44 bits per heavy atom. The molecule has 136 valence electrons. The number of carbonyl (C=O) groups excluding carboxylic acids is 1. The van der Waals surface area contributed by atoms with Gasteiger partial charge in [-0.15, -0.1) is 0 Å². The Morgan fingerprint density at radius 1 is 1.04 bits per heavy atom. The molecule has 4 heteroatoms. The lowest BCUT2D eigenvalue weighted by Gasteiger charge is -2.46. The van der Waals surface area contributed by atoms with Crippen molar-refractivity contribution in [2.75, 3.05) is 7.11 Å². The molecular weight excluding hydrogens is 340 g/mol. The molecule has 3 aromatic carbocycles. The molecule has 0 saturated heterocycles. The summed E-state index contributed by atoms with van der Waals surface area (Å²) in [5.74, 6) is 1.42. The SMILES string of the molecule is CO[C@]12CC[C@H](C(=O)C1)c1c2c(Oc2ccccc2)c2ccccc2c1O. The molecule has 0 heterocycles. The van der Waals surface area contributed by atoms with Gasteiger partial charge < -0.3 is 14.6 Å². The van der Waals surface area contributed by atoms with Crippen LogP contribution in [-0.2, 0) is 15.1 Å². The fourth-order valence-corrected chi connectivity index (χ4v) is 4.74. The van der Waals surface area contributed by atoms with Crippen molar-refractivity contribution in [1.82, 2.24) is 0 Å². The average Bonchev–Trinajstić information content (AvgIpc) is 2.72. The summed E-state index contributed by atoms with van der Waals surface area (Å²) in [5.41, 5.74) is 0.775. The Balaban J connectivity index is 1.87. The Morgan fingerprint density at radius 2 is 1.74 bits per heavy atom. The molecule has 1 fully saturated rings. The van der Waals surface area contributed by atoms with Crippen LogP contribution in [-0.4, -0.2) is 18.0 Å². The normalized spacial score (nSPS) is 23.4. The first-order chi connectivity index (χ1) is 13.1.